The van der Waals surface area contributed by atoms with Crippen molar-refractivity contribution in [2.24, 2.45) is 0 Å². The Bertz CT molecular complexity index is 601. The van der Waals surface area contributed by atoms with Crippen molar-refractivity contribution in [3.63, 3.8) is 0 Å². The van der Waals surface area contributed by atoms with Gasteiger partial charge in [0.25, 0.3) is 0 Å². The third-order valence-corrected chi connectivity index (χ3v) is 3.78. The molecule has 0 fully saturated rings. The zero-order valence-corrected chi connectivity index (χ0v) is 13.8. The molecular formula is C15H17BrClN3. The van der Waals surface area contributed by atoms with Crippen molar-refractivity contribution in [2.45, 2.75) is 26.4 Å². The molecule has 0 saturated heterocycles. The van der Waals surface area contributed by atoms with Gasteiger partial charge in [-0.15, -0.1) is 0 Å². The lowest BCUT2D eigenvalue weighted by atomic mass is 10.1. The number of hydrogen-bond acceptors (Lipinski definition) is 3. The molecule has 0 unspecified atom stereocenters. The smallest absolute Gasteiger partial charge is 0.143 e. The van der Waals surface area contributed by atoms with Crippen LogP contribution < -0.4 is 10.6 Å². The maximum Gasteiger partial charge on any atom is 0.143 e. The summed E-state index contributed by atoms with van der Waals surface area (Å²) in [6.07, 6.45) is 1.66. The molecule has 5 heteroatoms. The molecule has 1 aromatic carbocycles. The van der Waals surface area contributed by atoms with Gasteiger partial charge in [0.05, 0.1) is 9.50 Å². The van der Waals surface area contributed by atoms with E-state index in [0.29, 0.717) is 11.1 Å². The second-order valence-corrected chi connectivity index (χ2v) is 6.22. The maximum absolute atomic E-state index is 5.95. The predicted molar refractivity (Wildman–Crippen MR) is 89.1 cm³/mol. The molecule has 0 atom stereocenters. The molecule has 2 rings (SSSR count). The number of anilines is 2. The first-order valence-electron chi connectivity index (χ1n) is 6.39. The van der Waals surface area contributed by atoms with Gasteiger partial charge in [0.1, 0.15) is 5.82 Å². The minimum absolute atomic E-state index is 0.307. The number of hydrogen-bond donors (Lipinski definition) is 1. The summed E-state index contributed by atoms with van der Waals surface area (Å²) in [7, 11) is 0. The van der Waals surface area contributed by atoms with Gasteiger partial charge in [-0.2, -0.15) is 0 Å². The minimum Gasteiger partial charge on any atom is -0.399 e. The van der Waals surface area contributed by atoms with Crippen molar-refractivity contribution in [3.8, 4) is 0 Å². The normalized spacial score (nSPS) is 10.8. The number of aromatic nitrogens is 1. The quantitative estimate of drug-likeness (QED) is 0.822. The van der Waals surface area contributed by atoms with E-state index in [0.717, 1.165) is 28.1 Å². The van der Waals surface area contributed by atoms with Crippen LogP contribution in [0.4, 0.5) is 11.5 Å². The van der Waals surface area contributed by atoms with Gasteiger partial charge in [0.15, 0.2) is 0 Å². The molecule has 0 aliphatic carbocycles. The standard InChI is InChI=1S/C15H17BrClN3/c1-10(2)20(9-11-4-3-5-13(18)6-11)15-14(16)7-12(17)8-19-15/h3-8,10H,9,18H2,1-2H3. The lowest BCUT2D eigenvalue weighted by Gasteiger charge is -2.29. The summed E-state index contributed by atoms with van der Waals surface area (Å²) in [6.45, 7) is 5.01. The highest BCUT2D eigenvalue weighted by Gasteiger charge is 2.16. The summed E-state index contributed by atoms with van der Waals surface area (Å²) in [5.41, 5.74) is 7.77. The highest BCUT2D eigenvalue weighted by molar-refractivity contribution is 9.10. The van der Waals surface area contributed by atoms with Crippen molar-refractivity contribution in [1.29, 1.82) is 0 Å². The summed E-state index contributed by atoms with van der Waals surface area (Å²) in [4.78, 5) is 6.64. The Labute approximate surface area is 132 Å². The van der Waals surface area contributed by atoms with Gasteiger partial charge in [-0.05, 0) is 53.5 Å². The second-order valence-electron chi connectivity index (χ2n) is 4.93. The van der Waals surface area contributed by atoms with E-state index in [4.69, 9.17) is 17.3 Å². The fourth-order valence-corrected chi connectivity index (χ4v) is 2.88. The average Bonchev–Trinajstić information content (AvgIpc) is 2.36. The van der Waals surface area contributed by atoms with Gasteiger partial charge >= 0.3 is 0 Å². The van der Waals surface area contributed by atoms with Crippen LogP contribution in [0.15, 0.2) is 41.0 Å². The molecule has 0 spiro atoms. The molecule has 1 heterocycles. The van der Waals surface area contributed by atoms with E-state index in [1.54, 1.807) is 6.20 Å². The fourth-order valence-electron chi connectivity index (χ4n) is 2.01. The summed E-state index contributed by atoms with van der Waals surface area (Å²) in [5.74, 6) is 0.881. The molecule has 106 valence electrons. The Kier molecular flexibility index (Phi) is 4.89. The van der Waals surface area contributed by atoms with Crippen LogP contribution in [0.3, 0.4) is 0 Å². The molecule has 2 aromatic rings. The van der Waals surface area contributed by atoms with Gasteiger partial charge < -0.3 is 10.6 Å². The SMILES string of the molecule is CC(C)N(Cc1cccc(N)c1)c1ncc(Cl)cc1Br. The van der Waals surface area contributed by atoms with Crippen LogP contribution in [0, 0.1) is 0 Å². The number of rotatable bonds is 4. The highest BCUT2D eigenvalue weighted by atomic mass is 79.9. The van der Waals surface area contributed by atoms with Crippen molar-refractivity contribution in [2.75, 3.05) is 10.6 Å². The summed E-state index contributed by atoms with van der Waals surface area (Å²) < 4.78 is 0.891. The van der Waals surface area contributed by atoms with Gasteiger partial charge in [-0.1, -0.05) is 23.7 Å². The lowest BCUT2D eigenvalue weighted by molar-refractivity contribution is 0.671. The van der Waals surface area contributed by atoms with E-state index in [9.17, 15) is 0 Å². The van der Waals surface area contributed by atoms with E-state index in [1.165, 1.54) is 0 Å². The molecule has 2 N–H and O–H groups in total. The molecule has 0 aliphatic heterocycles. The highest BCUT2D eigenvalue weighted by Crippen LogP contribution is 2.29. The number of pyridine rings is 1. The van der Waals surface area contributed by atoms with Gasteiger partial charge in [-0.3, -0.25) is 0 Å². The first kappa shape index (κ1) is 15.1. The summed E-state index contributed by atoms with van der Waals surface area (Å²) in [6, 6.07) is 10.1. The van der Waals surface area contributed by atoms with Crippen LogP contribution >= 0.6 is 27.5 Å². The van der Waals surface area contributed by atoms with Crippen molar-refractivity contribution in [1.82, 2.24) is 4.98 Å². The first-order valence-corrected chi connectivity index (χ1v) is 7.56. The third-order valence-electron chi connectivity index (χ3n) is 2.99. The fraction of sp³-hybridized carbons (Fsp3) is 0.267. The zero-order valence-electron chi connectivity index (χ0n) is 11.5. The van der Waals surface area contributed by atoms with Crippen molar-refractivity contribution < 1.29 is 0 Å². The van der Waals surface area contributed by atoms with Crippen LogP contribution in [-0.2, 0) is 6.54 Å². The van der Waals surface area contributed by atoms with Gasteiger partial charge in [-0.25, -0.2) is 4.98 Å². The van der Waals surface area contributed by atoms with Crippen LogP contribution in [-0.4, -0.2) is 11.0 Å². The second kappa shape index (κ2) is 6.46. The average molecular weight is 355 g/mol. The minimum atomic E-state index is 0.307. The topological polar surface area (TPSA) is 42.1 Å². The molecule has 20 heavy (non-hydrogen) atoms. The Balaban J connectivity index is 2.32. The lowest BCUT2D eigenvalue weighted by Crippen LogP contribution is -2.31. The van der Waals surface area contributed by atoms with Crippen molar-refractivity contribution >= 4 is 39.0 Å². The van der Waals surface area contributed by atoms with Crippen LogP contribution in [0.1, 0.15) is 19.4 Å². The Hall–Kier alpha value is -1.26. The number of nitrogens with two attached hydrogens (primary N) is 1. The van der Waals surface area contributed by atoms with Crippen LogP contribution in [0.25, 0.3) is 0 Å². The Morgan fingerprint density at radius 3 is 2.70 bits per heavy atom. The maximum atomic E-state index is 5.95. The number of benzene rings is 1. The molecule has 0 bridgehead atoms. The van der Waals surface area contributed by atoms with E-state index in [-0.39, 0.29) is 0 Å². The number of nitrogen functional groups attached to an aromatic ring is 1. The molecule has 1 aromatic heterocycles. The number of nitrogens with zero attached hydrogens (tertiary/aromatic N) is 2. The van der Waals surface area contributed by atoms with E-state index in [2.05, 4.69) is 45.7 Å². The Morgan fingerprint density at radius 2 is 2.10 bits per heavy atom. The van der Waals surface area contributed by atoms with Gasteiger partial charge in [0.2, 0.25) is 0 Å². The molecule has 3 nitrogen and oxygen atoms in total. The van der Waals surface area contributed by atoms with Crippen molar-refractivity contribution in [3.05, 3.63) is 51.6 Å². The molecule has 0 saturated carbocycles. The summed E-state index contributed by atoms with van der Waals surface area (Å²) >= 11 is 9.49. The summed E-state index contributed by atoms with van der Waals surface area (Å²) in [5, 5.41) is 0.619. The zero-order chi connectivity index (χ0) is 14.7. The van der Waals surface area contributed by atoms with E-state index >= 15 is 0 Å². The monoisotopic (exact) mass is 353 g/mol. The number of halogens is 2. The van der Waals surface area contributed by atoms with Gasteiger partial charge in [0, 0.05) is 24.5 Å². The Morgan fingerprint density at radius 1 is 1.35 bits per heavy atom. The first-order chi connectivity index (χ1) is 9.47. The third kappa shape index (κ3) is 3.64. The molecule has 0 radical (unpaired) electrons. The van der Waals surface area contributed by atoms with Crippen LogP contribution in [0.5, 0.6) is 0 Å². The molecule has 0 amide bonds. The van der Waals surface area contributed by atoms with E-state index in [1.807, 2.05) is 24.3 Å². The molecule has 0 aliphatic rings. The predicted octanol–water partition coefficient (Wildman–Crippen LogP) is 4.49. The largest absolute Gasteiger partial charge is 0.399 e. The van der Waals surface area contributed by atoms with Crippen LogP contribution in [0.2, 0.25) is 5.02 Å². The van der Waals surface area contributed by atoms with E-state index < -0.39 is 0 Å². The molecular weight excluding hydrogens is 338 g/mol.